The fourth-order valence-corrected chi connectivity index (χ4v) is 2.49. The largest absolute Gasteiger partial charge is 0.428 e. The van der Waals surface area contributed by atoms with Gasteiger partial charge in [0.15, 0.2) is 11.2 Å². The molecule has 0 saturated carbocycles. The highest BCUT2D eigenvalue weighted by molar-refractivity contribution is 6.31. The summed E-state index contributed by atoms with van der Waals surface area (Å²) in [7, 11) is 0. The molecule has 104 valence electrons. The second-order valence-corrected chi connectivity index (χ2v) is 5.30. The smallest absolute Gasteiger partial charge is 0.423 e. The number of halogens is 2. The number of rotatable bonds is 1. The Kier molecular flexibility index (Phi) is 2.60. The fourth-order valence-electron chi connectivity index (χ4n) is 2.15. The van der Waals surface area contributed by atoms with Crippen LogP contribution >= 0.6 is 23.2 Å². The van der Waals surface area contributed by atoms with Gasteiger partial charge in [0.25, 0.3) is 0 Å². The molecule has 0 N–H and O–H groups in total. The van der Waals surface area contributed by atoms with Crippen molar-refractivity contribution in [1.29, 1.82) is 0 Å². The van der Waals surface area contributed by atoms with Crippen LogP contribution in [0.15, 0.2) is 50.0 Å². The molecule has 0 amide bonds. The minimum absolute atomic E-state index is 0.110. The molecule has 21 heavy (non-hydrogen) atoms. The van der Waals surface area contributed by atoms with E-state index in [0.29, 0.717) is 32.2 Å². The van der Waals surface area contributed by atoms with E-state index in [4.69, 9.17) is 32.0 Å². The van der Waals surface area contributed by atoms with Crippen molar-refractivity contribution in [2.24, 2.45) is 0 Å². The zero-order valence-electron chi connectivity index (χ0n) is 10.3. The Morgan fingerprint density at radius 1 is 0.952 bits per heavy atom. The first-order valence-electron chi connectivity index (χ1n) is 5.99. The van der Waals surface area contributed by atoms with Crippen LogP contribution in [0.2, 0.25) is 10.0 Å². The first-order chi connectivity index (χ1) is 10.1. The number of aromatic nitrogens is 2. The summed E-state index contributed by atoms with van der Waals surface area (Å²) in [5.74, 6) is -0.593. The normalized spacial score (nSPS) is 11.5. The maximum atomic E-state index is 12.0. The van der Waals surface area contributed by atoms with E-state index in [9.17, 15) is 4.79 Å². The number of oxazole rings is 2. The Morgan fingerprint density at radius 3 is 2.48 bits per heavy atom. The molecule has 0 fully saturated rings. The Bertz CT molecular complexity index is 1050. The molecule has 2 aromatic carbocycles. The van der Waals surface area contributed by atoms with Crippen molar-refractivity contribution in [3.05, 3.63) is 57.0 Å². The van der Waals surface area contributed by atoms with Crippen molar-refractivity contribution in [2.75, 3.05) is 0 Å². The van der Waals surface area contributed by atoms with E-state index in [1.165, 1.54) is 4.57 Å². The molecule has 0 atom stereocenters. The molecule has 0 bridgehead atoms. The lowest BCUT2D eigenvalue weighted by molar-refractivity contribution is 0.502. The van der Waals surface area contributed by atoms with Crippen molar-refractivity contribution >= 4 is 45.4 Å². The quantitative estimate of drug-likeness (QED) is 0.531. The minimum Gasteiger partial charge on any atom is -0.423 e. The van der Waals surface area contributed by atoms with Gasteiger partial charge in [-0.1, -0.05) is 23.2 Å². The third-order valence-corrected chi connectivity index (χ3v) is 3.54. The van der Waals surface area contributed by atoms with Crippen molar-refractivity contribution in [1.82, 2.24) is 9.55 Å². The number of hydrogen-bond acceptors (Lipinski definition) is 4. The van der Waals surface area contributed by atoms with E-state index in [1.54, 1.807) is 36.4 Å². The van der Waals surface area contributed by atoms with E-state index in [2.05, 4.69) is 4.98 Å². The van der Waals surface area contributed by atoms with E-state index in [1.807, 2.05) is 0 Å². The zero-order valence-corrected chi connectivity index (χ0v) is 11.9. The highest BCUT2D eigenvalue weighted by Crippen LogP contribution is 2.25. The molecule has 0 aliphatic carbocycles. The molecular formula is C14H6Cl2N2O3. The van der Waals surface area contributed by atoms with Crippen LogP contribution in [-0.4, -0.2) is 9.55 Å². The summed E-state index contributed by atoms with van der Waals surface area (Å²) in [6, 6.07) is 10.0. The zero-order chi connectivity index (χ0) is 14.6. The van der Waals surface area contributed by atoms with Crippen LogP contribution in [0.3, 0.4) is 0 Å². The molecule has 0 aliphatic heterocycles. The minimum atomic E-state index is -0.593. The van der Waals surface area contributed by atoms with Crippen molar-refractivity contribution in [2.45, 2.75) is 0 Å². The summed E-state index contributed by atoms with van der Waals surface area (Å²) in [6.07, 6.45) is 0. The molecule has 0 saturated heterocycles. The van der Waals surface area contributed by atoms with Crippen LogP contribution in [0, 0.1) is 0 Å². The van der Waals surface area contributed by atoms with E-state index in [-0.39, 0.29) is 6.01 Å². The van der Waals surface area contributed by atoms with E-state index < -0.39 is 5.76 Å². The summed E-state index contributed by atoms with van der Waals surface area (Å²) in [5.41, 5.74) is 1.98. The van der Waals surface area contributed by atoms with Gasteiger partial charge in [-0.15, -0.1) is 0 Å². The summed E-state index contributed by atoms with van der Waals surface area (Å²) in [5, 5.41) is 1.02. The summed E-state index contributed by atoms with van der Waals surface area (Å²) in [4.78, 5) is 16.3. The van der Waals surface area contributed by atoms with Crippen LogP contribution in [0.25, 0.3) is 28.2 Å². The molecular weight excluding hydrogens is 315 g/mol. The van der Waals surface area contributed by atoms with Crippen LogP contribution in [0.5, 0.6) is 0 Å². The number of nitrogens with zero attached hydrogens (tertiary/aromatic N) is 2. The molecule has 0 aliphatic rings. The van der Waals surface area contributed by atoms with Crippen molar-refractivity contribution < 1.29 is 8.83 Å². The topological polar surface area (TPSA) is 61.2 Å². The van der Waals surface area contributed by atoms with Gasteiger partial charge >= 0.3 is 11.8 Å². The molecule has 2 heterocycles. The monoisotopic (exact) mass is 320 g/mol. The maximum absolute atomic E-state index is 12.0. The van der Waals surface area contributed by atoms with Gasteiger partial charge in [0, 0.05) is 10.0 Å². The highest BCUT2D eigenvalue weighted by atomic mass is 35.5. The lowest BCUT2D eigenvalue weighted by atomic mass is 10.3. The fraction of sp³-hybridized carbons (Fsp3) is 0. The predicted octanol–water partition coefficient (Wildman–Crippen LogP) is 4.03. The molecule has 4 aromatic rings. The highest BCUT2D eigenvalue weighted by Gasteiger charge is 2.16. The van der Waals surface area contributed by atoms with Gasteiger partial charge in [-0.25, -0.2) is 4.79 Å². The van der Waals surface area contributed by atoms with Crippen molar-refractivity contribution in [3.63, 3.8) is 0 Å². The van der Waals surface area contributed by atoms with Crippen LogP contribution in [0.1, 0.15) is 0 Å². The number of hydrogen-bond donors (Lipinski definition) is 0. The third kappa shape index (κ3) is 1.93. The van der Waals surface area contributed by atoms with Crippen molar-refractivity contribution in [3.8, 4) is 6.01 Å². The summed E-state index contributed by atoms with van der Waals surface area (Å²) in [6.45, 7) is 0. The number of benzene rings is 2. The van der Waals surface area contributed by atoms with Gasteiger partial charge in [0.05, 0.1) is 0 Å². The Morgan fingerprint density at radius 2 is 1.67 bits per heavy atom. The second-order valence-electron chi connectivity index (χ2n) is 4.42. The molecule has 0 spiro atoms. The lowest BCUT2D eigenvalue weighted by Crippen LogP contribution is -2.11. The lowest BCUT2D eigenvalue weighted by Gasteiger charge is -1.95. The van der Waals surface area contributed by atoms with Gasteiger partial charge in [-0.3, -0.25) is 0 Å². The summed E-state index contributed by atoms with van der Waals surface area (Å²) < 4.78 is 12.0. The maximum Gasteiger partial charge on any atom is 0.428 e. The summed E-state index contributed by atoms with van der Waals surface area (Å²) >= 11 is 11.9. The molecule has 4 rings (SSSR count). The van der Waals surface area contributed by atoms with E-state index >= 15 is 0 Å². The standard InChI is InChI=1S/C14H6Cl2N2O3/c15-7-1-3-11-9(5-7)17-13(20-11)18-10-6-8(16)2-4-12(10)21-14(18)19/h1-6H. The Labute approximate surface area is 127 Å². The van der Waals surface area contributed by atoms with Gasteiger partial charge in [-0.2, -0.15) is 9.55 Å². The van der Waals surface area contributed by atoms with Crippen LogP contribution < -0.4 is 5.76 Å². The van der Waals surface area contributed by atoms with Gasteiger partial charge < -0.3 is 8.83 Å². The van der Waals surface area contributed by atoms with Crippen LogP contribution in [0.4, 0.5) is 0 Å². The van der Waals surface area contributed by atoms with Gasteiger partial charge in [-0.05, 0) is 36.4 Å². The van der Waals surface area contributed by atoms with Crippen LogP contribution in [-0.2, 0) is 0 Å². The first-order valence-corrected chi connectivity index (χ1v) is 6.75. The molecule has 5 nitrogen and oxygen atoms in total. The first kappa shape index (κ1) is 12.5. The predicted molar refractivity (Wildman–Crippen MR) is 79.4 cm³/mol. The molecule has 2 aromatic heterocycles. The average Bonchev–Trinajstić information content (AvgIpc) is 2.97. The third-order valence-electron chi connectivity index (χ3n) is 3.07. The van der Waals surface area contributed by atoms with E-state index in [0.717, 1.165) is 0 Å². The molecule has 0 unspecified atom stereocenters. The van der Waals surface area contributed by atoms with Gasteiger partial charge in [0.2, 0.25) is 0 Å². The Balaban J connectivity index is 2.05. The molecule has 7 heteroatoms. The average molecular weight is 321 g/mol. The van der Waals surface area contributed by atoms with Gasteiger partial charge in [0.1, 0.15) is 11.0 Å². The second kappa shape index (κ2) is 4.38. The molecule has 0 radical (unpaired) electrons. The number of fused-ring (bicyclic) bond motifs is 2. The SMILES string of the molecule is O=c1oc2ccc(Cl)cc2n1-c1nc2cc(Cl)ccc2o1. The Hall–Kier alpha value is -2.24.